The molecule has 0 aliphatic carbocycles. The first-order valence-corrected chi connectivity index (χ1v) is 8.47. The standard InChI is InChI=1S/C18H19NO4S/c1-12(20)14-5-7-15(8-6-14)19-18(22)13(2)23-17(21)10-9-16-4-3-11-24-16/h3-8,11,13H,9-10H2,1-2H3,(H,19,22)/t13-/m0/s1. The molecule has 2 rings (SSSR count). The molecule has 6 heteroatoms. The van der Waals surface area contributed by atoms with Gasteiger partial charge in [-0.15, -0.1) is 11.3 Å². The molecule has 0 radical (unpaired) electrons. The van der Waals surface area contributed by atoms with Gasteiger partial charge < -0.3 is 10.1 Å². The Kier molecular flexibility index (Phi) is 6.26. The Morgan fingerprint density at radius 1 is 1.17 bits per heavy atom. The summed E-state index contributed by atoms with van der Waals surface area (Å²) in [4.78, 5) is 36.2. The lowest BCUT2D eigenvalue weighted by atomic mass is 10.1. The van der Waals surface area contributed by atoms with Gasteiger partial charge in [-0.25, -0.2) is 0 Å². The van der Waals surface area contributed by atoms with Crippen LogP contribution in [0.3, 0.4) is 0 Å². The van der Waals surface area contributed by atoms with E-state index in [4.69, 9.17) is 4.74 Å². The number of carbonyl (C=O) groups is 3. The van der Waals surface area contributed by atoms with Crippen LogP contribution >= 0.6 is 11.3 Å². The van der Waals surface area contributed by atoms with Crippen molar-refractivity contribution in [3.8, 4) is 0 Å². The van der Waals surface area contributed by atoms with E-state index in [1.807, 2.05) is 17.5 Å². The number of hydrogen-bond acceptors (Lipinski definition) is 5. The molecule has 1 amide bonds. The van der Waals surface area contributed by atoms with Crippen LogP contribution in [0.25, 0.3) is 0 Å². The Labute approximate surface area is 144 Å². The van der Waals surface area contributed by atoms with Gasteiger partial charge in [0.15, 0.2) is 11.9 Å². The third-order valence-electron chi connectivity index (χ3n) is 3.39. The van der Waals surface area contributed by atoms with Gasteiger partial charge in [0.1, 0.15) is 0 Å². The molecule has 5 nitrogen and oxygen atoms in total. The van der Waals surface area contributed by atoms with Crippen LogP contribution in [0.2, 0.25) is 0 Å². The van der Waals surface area contributed by atoms with Crippen LogP contribution in [0.4, 0.5) is 5.69 Å². The Bertz CT molecular complexity index is 707. The Hall–Kier alpha value is -2.47. The van der Waals surface area contributed by atoms with Crippen molar-refractivity contribution < 1.29 is 19.1 Å². The first-order valence-electron chi connectivity index (χ1n) is 7.59. The van der Waals surface area contributed by atoms with E-state index in [2.05, 4.69) is 5.32 Å². The van der Waals surface area contributed by atoms with Crippen LogP contribution in [0.15, 0.2) is 41.8 Å². The van der Waals surface area contributed by atoms with E-state index in [9.17, 15) is 14.4 Å². The number of rotatable bonds is 7. The molecule has 1 aromatic heterocycles. The van der Waals surface area contributed by atoms with Crippen molar-refractivity contribution in [3.05, 3.63) is 52.2 Å². The van der Waals surface area contributed by atoms with Crippen LogP contribution in [0, 0.1) is 0 Å². The molecule has 24 heavy (non-hydrogen) atoms. The van der Waals surface area contributed by atoms with Gasteiger partial charge in [-0.2, -0.15) is 0 Å². The second kappa shape index (κ2) is 8.40. The predicted molar refractivity (Wildman–Crippen MR) is 93.3 cm³/mol. The number of hydrogen-bond donors (Lipinski definition) is 1. The smallest absolute Gasteiger partial charge is 0.306 e. The topological polar surface area (TPSA) is 72.5 Å². The maximum Gasteiger partial charge on any atom is 0.306 e. The van der Waals surface area contributed by atoms with E-state index in [0.717, 1.165) is 4.88 Å². The quantitative estimate of drug-likeness (QED) is 0.616. The maximum atomic E-state index is 12.0. The third kappa shape index (κ3) is 5.31. The highest BCUT2D eigenvalue weighted by molar-refractivity contribution is 7.09. The second-order valence-corrected chi connectivity index (χ2v) is 6.37. The fourth-order valence-corrected chi connectivity index (χ4v) is 2.73. The highest BCUT2D eigenvalue weighted by Crippen LogP contribution is 2.13. The zero-order valence-corrected chi connectivity index (χ0v) is 14.4. The van der Waals surface area contributed by atoms with Crippen molar-refractivity contribution in [3.63, 3.8) is 0 Å². The second-order valence-electron chi connectivity index (χ2n) is 5.33. The van der Waals surface area contributed by atoms with Gasteiger partial charge in [0.25, 0.3) is 5.91 Å². The number of benzene rings is 1. The number of esters is 1. The van der Waals surface area contributed by atoms with E-state index in [0.29, 0.717) is 17.7 Å². The minimum absolute atomic E-state index is 0.0408. The molecule has 0 bridgehead atoms. The minimum Gasteiger partial charge on any atom is -0.453 e. The molecule has 0 aliphatic heterocycles. The van der Waals surface area contributed by atoms with E-state index in [1.165, 1.54) is 13.8 Å². The highest BCUT2D eigenvalue weighted by Gasteiger charge is 2.18. The lowest BCUT2D eigenvalue weighted by Gasteiger charge is -2.13. The molecule has 0 fully saturated rings. The van der Waals surface area contributed by atoms with Crippen molar-refractivity contribution in [2.75, 3.05) is 5.32 Å². The van der Waals surface area contributed by atoms with Gasteiger partial charge in [0.05, 0.1) is 6.42 Å². The van der Waals surface area contributed by atoms with Crippen LogP contribution < -0.4 is 5.32 Å². The molecular weight excluding hydrogens is 326 g/mol. The van der Waals surface area contributed by atoms with E-state index < -0.39 is 18.0 Å². The first kappa shape index (κ1) is 17.9. The summed E-state index contributed by atoms with van der Waals surface area (Å²) in [6.07, 6.45) is -0.0312. The van der Waals surface area contributed by atoms with Gasteiger partial charge in [-0.1, -0.05) is 6.07 Å². The van der Waals surface area contributed by atoms with Crippen molar-refractivity contribution in [1.29, 1.82) is 0 Å². The van der Waals surface area contributed by atoms with E-state index in [1.54, 1.807) is 35.6 Å². The number of Topliss-reactive ketones (excluding diaryl/α,β-unsaturated/α-hetero) is 1. The molecule has 1 N–H and O–H groups in total. The number of amides is 1. The zero-order chi connectivity index (χ0) is 17.5. The van der Waals surface area contributed by atoms with Crippen LogP contribution in [0.5, 0.6) is 0 Å². The number of carbonyl (C=O) groups excluding carboxylic acids is 3. The molecular formula is C18H19NO4S. The van der Waals surface area contributed by atoms with Crippen LogP contribution in [0.1, 0.15) is 35.5 Å². The number of ether oxygens (including phenoxy) is 1. The van der Waals surface area contributed by atoms with Crippen LogP contribution in [-0.2, 0) is 20.7 Å². The van der Waals surface area contributed by atoms with Gasteiger partial charge in [-0.05, 0) is 56.0 Å². The van der Waals surface area contributed by atoms with Crippen molar-refractivity contribution in [2.45, 2.75) is 32.8 Å². The highest BCUT2D eigenvalue weighted by atomic mass is 32.1. The van der Waals surface area contributed by atoms with Gasteiger partial charge in [0, 0.05) is 16.1 Å². The largest absolute Gasteiger partial charge is 0.453 e. The third-order valence-corrected chi connectivity index (χ3v) is 4.33. The summed E-state index contributed by atoms with van der Waals surface area (Å²) < 4.78 is 5.14. The summed E-state index contributed by atoms with van der Waals surface area (Å²) in [5, 5.41) is 4.61. The Morgan fingerprint density at radius 2 is 1.88 bits per heavy atom. The van der Waals surface area contributed by atoms with Gasteiger partial charge >= 0.3 is 5.97 Å². The molecule has 1 aromatic carbocycles. The number of aryl methyl sites for hydroxylation is 1. The van der Waals surface area contributed by atoms with E-state index in [-0.39, 0.29) is 12.2 Å². The molecule has 0 spiro atoms. The van der Waals surface area contributed by atoms with Crippen molar-refractivity contribution in [1.82, 2.24) is 0 Å². The molecule has 0 unspecified atom stereocenters. The molecule has 2 aromatic rings. The summed E-state index contributed by atoms with van der Waals surface area (Å²) in [6.45, 7) is 3.01. The SMILES string of the molecule is CC(=O)c1ccc(NC(=O)[C@H](C)OC(=O)CCc2cccs2)cc1. The summed E-state index contributed by atoms with van der Waals surface area (Å²) >= 11 is 1.58. The fourth-order valence-electron chi connectivity index (χ4n) is 2.02. The lowest BCUT2D eigenvalue weighted by molar-refractivity contribution is -0.153. The minimum atomic E-state index is -0.881. The van der Waals surface area contributed by atoms with Gasteiger partial charge in [-0.3, -0.25) is 14.4 Å². The Balaban J connectivity index is 1.80. The number of anilines is 1. The summed E-state index contributed by atoms with van der Waals surface area (Å²) in [7, 11) is 0. The number of thiophene rings is 1. The molecule has 0 saturated carbocycles. The molecule has 1 heterocycles. The molecule has 0 saturated heterocycles. The lowest BCUT2D eigenvalue weighted by Crippen LogP contribution is -2.30. The average Bonchev–Trinajstić information content (AvgIpc) is 3.06. The average molecular weight is 345 g/mol. The molecule has 126 valence electrons. The maximum absolute atomic E-state index is 12.0. The number of ketones is 1. The monoisotopic (exact) mass is 345 g/mol. The van der Waals surface area contributed by atoms with Crippen molar-refractivity contribution >= 4 is 34.7 Å². The summed E-state index contributed by atoms with van der Waals surface area (Å²) in [5.41, 5.74) is 1.12. The Morgan fingerprint density at radius 3 is 2.46 bits per heavy atom. The fraction of sp³-hybridized carbons (Fsp3) is 0.278. The van der Waals surface area contributed by atoms with Gasteiger partial charge in [0.2, 0.25) is 0 Å². The number of nitrogens with one attached hydrogen (secondary N) is 1. The van der Waals surface area contributed by atoms with Crippen LogP contribution in [-0.4, -0.2) is 23.8 Å². The summed E-state index contributed by atoms with van der Waals surface area (Å²) in [6, 6.07) is 10.4. The first-order chi connectivity index (χ1) is 11.5. The summed E-state index contributed by atoms with van der Waals surface area (Å²) in [5.74, 6) is -0.853. The normalized spacial score (nSPS) is 11.6. The molecule has 1 atom stereocenters. The van der Waals surface area contributed by atoms with E-state index >= 15 is 0 Å². The molecule has 0 aliphatic rings. The van der Waals surface area contributed by atoms with Crippen molar-refractivity contribution in [2.24, 2.45) is 0 Å². The predicted octanol–water partition coefficient (Wildman–Crippen LogP) is 3.45. The zero-order valence-electron chi connectivity index (χ0n) is 13.6.